The number of hydrogen-bond donors (Lipinski definition) is 0. The van der Waals surface area contributed by atoms with Gasteiger partial charge in [-0.3, -0.25) is 0 Å². The highest BCUT2D eigenvalue weighted by molar-refractivity contribution is 5.91. The van der Waals surface area contributed by atoms with Crippen molar-refractivity contribution in [2.24, 2.45) is 11.8 Å². The Bertz CT molecular complexity index is 965. The maximum atomic E-state index is 12.6. The van der Waals surface area contributed by atoms with Gasteiger partial charge in [-0.1, -0.05) is 90.0 Å². The first kappa shape index (κ1) is 32.8. The van der Waals surface area contributed by atoms with Crippen molar-refractivity contribution in [3.05, 3.63) is 66.7 Å². The second kappa shape index (κ2) is 20.2. The number of esters is 1. The van der Waals surface area contributed by atoms with E-state index in [4.69, 9.17) is 14.2 Å². The molecule has 0 amide bonds. The number of carbonyl (C=O) groups is 1. The molecule has 0 aromatic heterocycles. The molecule has 4 nitrogen and oxygen atoms in total. The Morgan fingerprint density at radius 3 is 1.90 bits per heavy atom. The average molecular weight is 563 g/mol. The van der Waals surface area contributed by atoms with Crippen molar-refractivity contribution in [2.75, 3.05) is 13.2 Å². The summed E-state index contributed by atoms with van der Waals surface area (Å²) in [7, 11) is 0. The largest absolute Gasteiger partial charge is 0.494 e. The highest BCUT2D eigenvalue weighted by atomic mass is 16.5. The van der Waals surface area contributed by atoms with E-state index < -0.39 is 0 Å². The quantitative estimate of drug-likeness (QED) is 0.0657. The maximum Gasteiger partial charge on any atom is 0.343 e. The van der Waals surface area contributed by atoms with Crippen molar-refractivity contribution in [1.29, 1.82) is 0 Å². The summed E-state index contributed by atoms with van der Waals surface area (Å²) in [6.45, 7) is 7.47. The minimum atomic E-state index is -0.375. The van der Waals surface area contributed by atoms with Crippen LogP contribution in [0.1, 0.15) is 126 Å². The number of unbranched alkanes of at least 4 members (excludes halogenated alkanes) is 8. The molecule has 3 rings (SSSR count). The SMILES string of the molecule is C=CCCCCCCOc1ccc(C(=O)Oc2ccc(OCCCC3CCCCC3CCCCCCC)cc2)cc1. The first-order valence-electron chi connectivity index (χ1n) is 16.5. The fraction of sp³-hybridized carbons (Fsp3) is 0.595. The molecule has 0 radical (unpaired) electrons. The van der Waals surface area contributed by atoms with Crippen molar-refractivity contribution < 1.29 is 19.0 Å². The van der Waals surface area contributed by atoms with Gasteiger partial charge in [-0.2, -0.15) is 0 Å². The number of rotatable bonds is 21. The number of hydrogen-bond acceptors (Lipinski definition) is 4. The standard InChI is InChI=1S/C37H54O4/c1-3-5-7-9-11-15-29-39-34-23-21-33(22-24-34)37(38)41-36-27-25-35(26-28-36)40-30-16-20-32-19-14-13-18-31(32)17-12-10-8-6-4-2/h3,21-28,31-32H,1,4-20,29-30H2,2H3. The predicted molar refractivity (Wildman–Crippen MR) is 170 cm³/mol. The minimum Gasteiger partial charge on any atom is -0.494 e. The van der Waals surface area contributed by atoms with Crippen molar-refractivity contribution in [3.63, 3.8) is 0 Å². The summed E-state index contributed by atoms with van der Waals surface area (Å²) in [6.07, 6.45) is 24.0. The van der Waals surface area contributed by atoms with Crippen LogP contribution in [0.5, 0.6) is 17.2 Å². The van der Waals surface area contributed by atoms with Gasteiger partial charge in [0.1, 0.15) is 17.2 Å². The summed E-state index contributed by atoms with van der Waals surface area (Å²) in [5.74, 6) is 3.53. The molecule has 1 fully saturated rings. The van der Waals surface area contributed by atoms with Crippen LogP contribution in [0.4, 0.5) is 0 Å². The van der Waals surface area contributed by atoms with Gasteiger partial charge in [0.2, 0.25) is 0 Å². The van der Waals surface area contributed by atoms with Gasteiger partial charge in [0, 0.05) is 0 Å². The third-order valence-electron chi connectivity index (χ3n) is 8.43. The van der Waals surface area contributed by atoms with Crippen LogP contribution in [0.2, 0.25) is 0 Å². The van der Waals surface area contributed by atoms with Crippen molar-refractivity contribution in [1.82, 2.24) is 0 Å². The molecule has 1 aliphatic carbocycles. The zero-order valence-electron chi connectivity index (χ0n) is 25.6. The van der Waals surface area contributed by atoms with Gasteiger partial charge in [0.25, 0.3) is 0 Å². The van der Waals surface area contributed by atoms with Gasteiger partial charge in [-0.25, -0.2) is 4.79 Å². The van der Waals surface area contributed by atoms with E-state index in [9.17, 15) is 4.79 Å². The Hall–Kier alpha value is -2.75. The summed E-state index contributed by atoms with van der Waals surface area (Å²) < 4.78 is 17.4. The molecule has 0 N–H and O–H groups in total. The van der Waals surface area contributed by atoms with Crippen LogP contribution in [-0.2, 0) is 0 Å². The molecule has 226 valence electrons. The Morgan fingerprint density at radius 2 is 1.24 bits per heavy atom. The molecule has 0 bridgehead atoms. The van der Waals surface area contributed by atoms with Gasteiger partial charge >= 0.3 is 5.97 Å². The van der Waals surface area contributed by atoms with E-state index in [2.05, 4.69) is 13.5 Å². The van der Waals surface area contributed by atoms with Crippen molar-refractivity contribution >= 4 is 5.97 Å². The molecular formula is C37H54O4. The second-order valence-electron chi connectivity index (χ2n) is 11.7. The average Bonchev–Trinajstić information content (AvgIpc) is 3.00. The first-order chi connectivity index (χ1) is 20.2. The monoisotopic (exact) mass is 562 g/mol. The summed E-state index contributed by atoms with van der Waals surface area (Å²) in [6, 6.07) is 14.5. The lowest BCUT2D eigenvalue weighted by Gasteiger charge is -2.31. The maximum absolute atomic E-state index is 12.6. The Balaban J connectivity index is 1.31. The molecule has 4 heteroatoms. The predicted octanol–water partition coefficient (Wildman–Crippen LogP) is 10.7. The summed E-state index contributed by atoms with van der Waals surface area (Å²) >= 11 is 0. The van der Waals surface area contributed by atoms with Gasteiger partial charge in [-0.05, 0) is 92.5 Å². The molecule has 0 aliphatic heterocycles. The molecule has 0 saturated heterocycles. The number of ether oxygens (including phenoxy) is 3. The summed E-state index contributed by atoms with van der Waals surface area (Å²) in [4.78, 5) is 12.6. The van der Waals surface area contributed by atoms with E-state index >= 15 is 0 Å². The van der Waals surface area contributed by atoms with Gasteiger partial charge < -0.3 is 14.2 Å². The second-order valence-corrected chi connectivity index (χ2v) is 11.7. The Kier molecular flexibility index (Phi) is 16.1. The molecule has 2 unspecified atom stereocenters. The van der Waals surface area contributed by atoms with E-state index in [0.29, 0.717) is 17.9 Å². The number of allylic oxidation sites excluding steroid dienone is 1. The normalized spacial score (nSPS) is 16.7. The van der Waals surface area contributed by atoms with Gasteiger partial charge in [0.15, 0.2) is 0 Å². The smallest absolute Gasteiger partial charge is 0.343 e. The van der Waals surface area contributed by atoms with Crippen LogP contribution in [0.3, 0.4) is 0 Å². The highest BCUT2D eigenvalue weighted by Gasteiger charge is 2.24. The molecule has 41 heavy (non-hydrogen) atoms. The summed E-state index contributed by atoms with van der Waals surface area (Å²) in [5.41, 5.74) is 0.504. The lowest BCUT2D eigenvalue weighted by atomic mass is 9.74. The van der Waals surface area contributed by atoms with Crippen molar-refractivity contribution in [3.8, 4) is 17.2 Å². The van der Waals surface area contributed by atoms with Crippen LogP contribution < -0.4 is 14.2 Å². The van der Waals surface area contributed by atoms with Crippen LogP contribution >= 0.6 is 0 Å². The number of carbonyl (C=O) groups excluding carboxylic acids is 1. The molecule has 2 aromatic rings. The molecular weight excluding hydrogens is 508 g/mol. The highest BCUT2D eigenvalue weighted by Crippen LogP contribution is 2.36. The fourth-order valence-corrected chi connectivity index (χ4v) is 5.98. The third-order valence-corrected chi connectivity index (χ3v) is 8.43. The molecule has 1 aliphatic rings. The van der Waals surface area contributed by atoms with Crippen LogP contribution in [0.25, 0.3) is 0 Å². The fourth-order valence-electron chi connectivity index (χ4n) is 5.98. The zero-order chi connectivity index (χ0) is 29.0. The molecule has 2 atom stereocenters. The van der Waals surface area contributed by atoms with Gasteiger partial charge in [0.05, 0.1) is 18.8 Å². The summed E-state index contributed by atoms with van der Waals surface area (Å²) in [5, 5.41) is 0. The van der Waals surface area contributed by atoms with E-state index in [1.165, 1.54) is 83.5 Å². The van der Waals surface area contributed by atoms with E-state index in [1.54, 1.807) is 24.3 Å². The Labute approximate surface area is 249 Å². The van der Waals surface area contributed by atoms with Gasteiger partial charge in [-0.15, -0.1) is 6.58 Å². The Morgan fingerprint density at radius 1 is 0.707 bits per heavy atom. The van der Waals surface area contributed by atoms with E-state index in [0.717, 1.165) is 55.6 Å². The number of benzene rings is 2. The van der Waals surface area contributed by atoms with E-state index in [-0.39, 0.29) is 5.97 Å². The zero-order valence-corrected chi connectivity index (χ0v) is 25.6. The first-order valence-corrected chi connectivity index (χ1v) is 16.5. The minimum absolute atomic E-state index is 0.375. The van der Waals surface area contributed by atoms with Crippen LogP contribution in [0, 0.1) is 11.8 Å². The molecule has 2 aromatic carbocycles. The molecule has 1 saturated carbocycles. The molecule has 0 heterocycles. The third kappa shape index (κ3) is 13.2. The lowest BCUT2D eigenvalue weighted by Crippen LogP contribution is -2.20. The van der Waals surface area contributed by atoms with Crippen LogP contribution in [0.15, 0.2) is 61.2 Å². The van der Waals surface area contributed by atoms with Crippen LogP contribution in [-0.4, -0.2) is 19.2 Å². The lowest BCUT2D eigenvalue weighted by molar-refractivity contribution is 0.0734. The molecule has 0 spiro atoms. The van der Waals surface area contributed by atoms with Crippen molar-refractivity contribution in [2.45, 2.75) is 116 Å². The van der Waals surface area contributed by atoms with E-state index in [1.807, 2.05) is 30.3 Å². The topological polar surface area (TPSA) is 44.8 Å².